The number of hydrogen-bond acceptors (Lipinski definition) is 4. The first-order valence-electron chi connectivity index (χ1n) is 8.63. The smallest absolute Gasteiger partial charge is 0.223 e. The average Bonchev–Trinajstić information content (AvgIpc) is 2.92. The van der Waals surface area contributed by atoms with E-state index in [0.717, 1.165) is 43.0 Å². The third-order valence-corrected chi connectivity index (χ3v) is 4.44. The van der Waals surface area contributed by atoms with Crippen LogP contribution >= 0.6 is 0 Å². The quantitative estimate of drug-likeness (QED) is 0.840. The van der Waals surface area contributed by atoms with E-state index in [4.69, 9.17) is 9.15 Å². The molecule has 24 heavy (non-hydrogen) atoms. The molecule has 0 unspecified atom stereocenters. The zero-order chi connectivity index (χ0) is 16.8. The van der Waals surface area contributed by atoms with Crippen molar-refractivity contribution in [1.29, 1.82) is 0 Å². The van der Waals surface area contributed by atoms with Gasteiger partial charge in [-0.1, -0.05) is 12.8 Å². The summed E-state index contributed by atoms with van der Waals surface area (Å²) in [6.07, 6.45) is 7.42. The predicted molar refractivity (Wildman–Crippen MR) is 91.9 cm³/mol. The van der Waals surface area contributed by atoms with Crippen molar-refractivity contribution in [3.8, 4) is 17.1 Å². The number of amides is 1. The van der Waals surface area contributed by atoms with Crippen LogP contribution in [0.25, 0.3) is 11.3 Å². The fourth-order valence-electron chi connectivity index (χ4n) is 3.01. The molecule has 1 aromatic heterocycles. The van der Waals surface area contributed by atoms with Crippen LogP contribution in [-0.4, -0.2) is 36.0 Å². The van der Waals surface area contributed by atoms with E-state index in [-0.39, 0.29) is 5.91 Å². The highest BCUT2D eigenvalue weighted by Crippen LogP contribution is 2.23. The van der Waals surface area contributed by atoms with Gasteiger partial charge in [-0.15, -0.1) is 0 Å². The highest BCUT2D eigenvalue weighted by atomic mass is 16.5. The highest BCUT2D eigenvalue weighted by Gasteiger charge is 2.16. The van der Waals surface area contributed by atoms with Gasteiger partial charge in [0.15, 0.2) is 11.7 Å². The number of aryl methyl sites for hydroxylation is 1. The molecular formula is C19H24N2O3. The molecule has 1 fully saturated rings. The van der Waals surface area contributed by atoms with E-state index in [2.05, 4.69) is 4.98 Å². The van der Waals surface area contributed by atoms with Crippen LogP contribution in [0.3, 0.4) is 0 Å². The number of hydrogen-bond donors (Lipinski definition) is 0. The number of oxazole rings is 1. The van der Waals surface area contributed by atoms with Crippen LogP contribution in [0.4, 0.5) is 0 Å². The lowest BCUT2D eigenvalue weighted by molar-refractivity contribution is -0.131. The Bertz CT molecular complexity index is 656. The zero-order valence-corrected chi connectivity index (χ0v) is 14.2. The van der Waals surface area contributed by atoms with Crippen molar-refractivity contribution in [1.82, 2.24) is 9.88 Å². The van der Waals surface area contributed by atoms with E-state index < -0.39 is 0 Å². The van der Waals surface area contributed by atoms with E-state index in [0.29, 0.717) is 18.7 Å². The average molecular weight is 328 g/mol. The lowest BCUT2D eigenvalue weighted by Gasteiger charge is -2.19. The molecule has 0 bridgehead atoms. The monoisotopic (exact) mass is 328 g/mol. The molecular weight excluding hydrogens is 304 g/mol. The van der Waals surface area contributed by atoms with Crippen LogP contribution in [0.1, 0.15) is 38.0 Å². The van der Waals surface area contributed by atoms with Gasteiger partial charge in [0.1, 0.15) is 5.75 Å². The molecule has 0 saturated carbocycles. The summed E-state index contributed by atoms with van der Waals surface area (Å²) in [5.74, 6) is 2.35. The number of likely N-dealkylation sites (tertiary alicyclic amines) is 1. The maximum atomic E-state index is 12.3. The molecule has 128 valence electrons. The Kier molecular flexibility index (Phi) is 5.51. The third kappa shape index (κ3) is 4.16. The van der Waals surface area contributed by atoms with E-state index in [1.165, 1.54) is 12.8 Å². The predicted octanol–water partition coefficient (Wildman–Crippen LogP) is 3.69. The molecule has 0 aliphatic carbocycles. The number of carbonyl (C=O) groups excluding carboxylic acids is 1. The fraction of sp³-hybridized carbons (Fsp3) is 0.474. The molecule has 2 heterocycles. The molecule has 2 aromatic rings. The second kappa shape index (κ2) is 7.99. The summed E-state index contributed by atoms with van der Waals surface area (Å²) in [4.78, 5) is 18.6. The second-order valence-electron chi connectivity index (χ2n) is 6.14. The lowest BCUT2D eigenvalue weighted by Crippen LogP contribution is -2.31. The number of benzene rings is 1. The third-order valence-electron chi connectivity index (χ3n) is 4.44. The first kappa shape index (κ1) is 16.6. The fourth-order valence-corrected chi connectivity index (χ4v) is 3.01. The van der Waals surface area contributed by atoms with Gasteiger partial charge in [0.05, 0.1) is 13.3 Å². The summed E-state index contributed by atoms with van der Waals surface area (Å²) >= 11 is 0. The largest absolute Gasteiger partial charge is 0.497 e. The van der Waals surface area contributed by atoms with Crippen molar-refractivity contribution in [3.05, 3.63) is 36.4 Å². The molecule has 0 spiro atoms. The molecule has 5 heteroatoms. The summed E-state index contributed by atoms with van der Waals surface area (Å²) in [5, 5.41) is 0. The minimum atomic E-state index is 0.209. The van der Waals surface area contributed by atoms with Crippen molar-refractivity contribution in [2.45, 2.75) is 38.5 Å². The van der Waals surface area contributed by atoms with E-state index in [1.807, 2.05) is 29.2 Å². The van der Waals surface area contributed by atoms with Gasteiger partial charge >= 0.3 is 0 Å². The van der Waals surface area contributed by atoms with E-state index in [1.54, 1.807) is 13.3 Å². The summed E-state index contributed by atoms with van der Waals surface area (Å²) in [6.45, 7) is 1.78. The molecule has 0 N–H and O–H groups in total. The normalized spacial score (nSPS) is 15.1. The molecule has 1 saturated heterocycles. The van der Waals surface area contributed by atoms with Crippen LogP contribution in [0.2, 0.25) is 0 Å². The molecule has 0 radical (unpaired) electrons. The van der Waals surface area contributed by atoms with E-state index >= 15 is 0 Å². The van der Waals surface area contributed by atoms with Crippen LogP contribution in [-0.2, 0) is 11.2 Å². The Morgan fingerprint density at radius 2 is 1.88 bits per heavy atom. The van der Waals surface area contributed by atoms with Crippen molar-refractivity contribution in [3.63, 3.8) is 0 Å². The van der Waals surface area contributed by atoms with E-state index in [9.17, 15) is 4.79 Å². The Balaban J connectivity index is 1.56. The maximum absolute atomic E-state index is 12.3. The van der Waals surface area contributed by atoms with Crippen molar-refractivity contribution in [2.75, 3.05) is 20.2 Å². The Hall–Kier alpha value is -2.30. The van der Waals surface area contributed by atoms with Gasteiger partial charge in [0, 0.05) is 31.5 Å². The molecule has 1 aliphatic heterocycles. The van der Waals surface area contributed by atoms with Crippen LogP contribution in [0.15, 0.2) is 34.9 Å². The number of aromatic nitrogens is 1. The van der Waals surface area contributed by atoms with Gasteiger partial charge in [0.2, 0.25) is 5.91 Å². The molecule has 0 atom stereocenters. The standard InChI is InChI=1S/C19H24N2O3/c1-23-16-8-6-15(7-9-16)17-14-20-18(24-17)10-11-19(22)21-12-4-2-3-5-13-21/h6-9,14H,2-5,10-13H2,1H3. The minimum Gasteiger partial charge on any atom is -0.497 e. The van der Waals surface area contributed by atoms with Gasteiger partial charge in [-0.3, -0.25) is 4.79 Å². The summed E-state index contributed by atoms with van der Waals surface area (Å²) < 4.78 is 10.9. The number of rotatable bonds is 5. The number of carbonyl (C=O) groups is 1. The number of methoxy groups -OCH3 is 1. The lowest BCUT2D eigenvalue weighted by atomic mass is 10.2. The molecule has 5 nitrogen and oxygen atoms in total. The molecule has 1 aliphatic rings. The number of nitrogens with zero attached hydrogens (tertiary/aromatic N) is 2. The van der Waals surface area contributed by atoms with Crippen LogP contribution < -0.4 is 4.74 Å². The van der Waals surface area contributed by atoms with Gasteiger partial charge in [-0.05, 0) is 37.1 Å². The van der Waals surface area contributed by atoms with Crippen molar-refractivity contribution < 1.29 is 13.9 Å². The van der Waals surface area contributed by atoms with Crippen molar-refractivity contribution in [2.24, 2.45) is 0 Å². The first-order chi connectivity index (χ1) is 11.8. The minimum absolute atomic E-state index is 0.209. The molecule has 1 aromatic carbocycles. The highest BCUT2D eigenvalue weighted by molar-refractivity contribution is 5.76. The molecule has 1 amide bonds. The number of ether oxygens (including phenoxy) is 1. The Morgan fingerprint density at radius 1 is 1.17 bits per heavy atom. The Morgan fingerprint density at radius 3 is 2.54 bits per heavy atom. The SMILES string of the molecule is COc1ccc(-c2cnc(CCC(=O)N3CCCCCC3)o2)cc1. The second-order valence-corrected chi connectivity index (χ2v) is 6.14. The van der Waals surface area contributed by atoms with Gasteiger partial charge in [0.25, 0.3) is 0 Å². The van der Waals surface area contributed by atoms with Crippen LogP contribution in [0.5, 0.6) is 5.75 Å². The molecule has 3 rings (SSSR count). The van der Waals surface area contributed by atoms with Crippen molar-refractivity contribution >= 4 is 5.91 Å². The van der Waals surface area contributed by atoms with Gasteiger partial charge in [-0.2, -0.15) is 0 Å². The maximum Gasteiger partial charge on any atom is 0.223 e. The zero-order valence-electron chi connectivity index (χ0n) is 14.2. The van der Waals surface area contributed by atoms with Gasteiger partial charge in [-0.25, -0.2) is 4.98 Å². The summed E-state index contributed by atoms with van der Waals surface area (Å²) in [5.41, 5.74) is 0.952. The topological polar surface area (TPSA) is 55.6 Å². The summed E-state index contributed by atoms with van der Waals surface area (Å²) in [6, 6.07) is 7.65. The van der Waals surface area contributed by atoms with Crippen LogP contribution in [0, 0.1) is 0 Å². The first-order valence-corrected chi connectivity index (χ1v) is 8.63. The Labute approximate surface area is 142 Å². The summed E-state index contributed by atoms with van der Waals surface area (Å²) in [7, 11) is 1.64. The van der Waals surface area contributed by atoms with Gasteiger partial charge < -0.3 is 14.1 Å².